The van der Waals surface area contributed by atoms with Gasteiger partial charge in [0.2, 0.25) is 5.88 Å². The summed E-state index contributed by atoms with van der Waals surface area (Å²) in [7, 11) is 0. The smallest absolute Gasteiger partial charge is 0.225 e. The molecule has 0 spiro atoms. The van der Waals surface area contributed by atoms with Crippen LogP contribution in [-0.2, 0) is 12.8 Å². The van der Waals surface area contributed by atoms with E-state index in [2.05, 4.69) is 32.6 Å². The molecule has 0 bridgehead atoms. The van der Waals surface area contributed by atoms with Crippen LogP contribution in [-0.4, -0.2) is 9.97 Å². The van der Waals surface area contributed by atoms with E-state index in [4.69, 9.17) is 4.74 Å². The summed E-state index contributed by atoms with van der Waals surface area (Å²) in [5.74, 6) is 1.56. The highest BCUT2D eigenvalue weighted by Crippen LogP contribution is 2.29. The molecule has 0 amide bonds. The van der Waals surface area contributed by atoms with E-state index in [0.29, 0.717) is 0 Å². The van der Waals surface area contributed by atoms with Crippen LogP contribution in [0, 0.1) is 3.57 Å². The maximum absolute atomic E-state index is 5.90. The lowest BCUT2D eigenvalue weighted by molar-refractivity contribution is 0.446. The molecule has 1 aliphatic carbocycles. The number of aryl methyl sites for hydroxylation is 1. The van der Waals surface area contributed by atoms with Crippen molar-refractivity contribution in [1.29, 1.82) is 0 Å². The second-order valence-electron chi connectivity index (χ2n) is 4.37. The van der Waals surface area contributed by atoms with Gasteiger partial charge in [0.25, 0.3) is 0 Å². The average molecular weight is 352 g/mol. The van der Waals surface area contributed by atoms with Crippen LogP contribution < -0.4 is 4.74 Å². The van der Waals surface area contributed by atoms with Crippen molar-refractivity contribution >= 4 is 22.6 Å². The molecular formula is C14H13IN2O. The van der Waals surface area contributed by atoms with Gasteiger partial charge in [0.1, 0.15) is 12.1 Å². The summed E-state index contributed by atoms with van der Waals surface area (Å²) in [5.41, 5.74) is 2.33. The van der Waals surface area contributed by atoms with Crippen molar-refractivity contribution in [3.63, 3.8) is 0 Å². The van der Waals surface area contributed by atoms with Crippen molar-refractivity contribution in [2.24, 2.45) is 0 Å². The van der Waals surface area contributed by atoms with Crippen molar-refractivity contribution in [1.82, 2.24) is 9.97 Å². The molecule has 1 aromatic carbocycles. The van der Waals surface area contributed by atoms with Crippen molar-refractivity contribution in [3.8, 4) is 11.6 Å². The Morgan fingerprint density at radius 1 is 1.11 bits per heavy atom. The SMILES string of the molecule is Ic1cccc(Oc2ncnc3c2CCCC3)c1. The molecule has 92 valence electrons. The number of halogens is 1. The van der Waals surface area contributed by atoms with Gasteiger partial charge in [-0.15, -0.1) is 0 Å². The van der Waals surface area contributed by atoms with Crippen LogP contribution in [0.4, 0.5) is 0 Å². The van der Waals surface area contributed by atoms with Crippen LogP contribution in [0.3, 0.4) is 0 Å². The monoisotopic (exact) mass is 352 g/mol. The summed E-state index contributed by atoms with van der Waals surface area (Å²) >= 11 is 2.28. The second-order valence-corrected chi connectivity index (χ2v) is 5.62. The number of hydrogen-bond donors (Lipinski definition) is 0. The molecular weight excluding hydrogens is 339 g/mol. The molecule has 3 rings (SSSR count). The molecule has 0 saturated carbocycles. The zero-order valence-corrected chi connectivity index (χ0v) is 12.1. The Bertz CT molecular complexity index is 571. The van der Waals surface area contributed by atoms with Crippen LogP contribution >= 0.6 is 22.6 Å². The minimum absolute atomic E-state index is 0.724. The molecule has 1 aromatic heterocycles. The van der Waals surface area contributed by atoms with Gasteiger partial charge in [-0.3, -0.25) is 0 Å². The molecule has 0 aliphatic heterocycles. The third kappa shape index (κ3) is 2.48. The number of rotatable bonds is 2. The summed E-state index contributed by atoms with van der Waals surface area (Å²) in [5, 5.41) is 0. The normalized spacial score (nSPS) is 14.1. The van der Waals surface area contributed by atoms with Gasteiger partial charge < -0.3 is 4.74 Å². The highest BCUT2D eigenvalue weighted by Gasteiger charge is 2.16. The molecule has 2 aromatic rings. The zero-order chi connectivity index (χ0) is 12.4. The molecule has 0 fully saturated rings. The van der Waals surface area contributed by atoms with Crippen LogP contribution in [0.25, 0.3) is 0 Å². The quantitative estimate of drug-likeness (QED) is 0.773. The fourth-order valence-electron chi connectivity index (χ4n) is 2.22. The highest BCUT2D eigenvalue weighted by atomic mass is 127. The lowest BCUT2D eigenvalue weighted by Gasteiger charge is -2.17. The fourth-order valence-corrected chi connectivity index (χ4v) is 2.74. The predicted octanol–water partition coefficient (Wildman–Crippen LogP) is 3.75. The molecule has 0 atom stereocenters. The first-order valence-corrected chi connectivity index (χ1v) is 7.17. The maximum atomic E-state index is 5.90. The first-order valence-electron chi connectivity index (χ1n) is 6.09. The number of benzene rings is 1. The van der Waals surface area contributed by atoms with Crippen molar-refractivity contribution in [3.05, 3.63) is 45.4 Å². The van der Waals surface area contributed by atoms with Gasteiger partial charge in [-0.2, -0.15) is 0 Å². The molecule has 0 radical (unpaired) electrons. The lowest BCUT2D eigenvalue weighted by atomic mass is 9.97. The van der Waals surface area contributed by atoms with Gasteiger partial charge in [0, 0.05) is 9.13 Å². The molecule has 4 heteroatoms. The van der Waals surface area contributed by atoms with Crippen molar-refractivity contribution < 1.29 is 4.74 Å². The maximum Gasteiger partial charge on any atom is 0.225 e. The molecule has 1 aliphatic rings. The number of aromatic nitrogens is 2. The Morgan fingerprint density at radius 3 is 2.89 bits per heavy atom. The number of hydrogen-bond acceptors (Lipinski definition) is 3. The zero-order valence-electron chi connectivity index (χ0n) is 9.90. The van der Waals surface area contributed by atoms with Gasteiger partial charge >= 0.3 is 0 Å². The molecule has 1 heterocycles. The van der Waals surface area contributed by atoms with E-state index < -0.39 is 0 Å². The van der Waals surface area contributed by atoms with Crippen molar-refractivity contribution in [2.45, 2.75) is 25.7 Å². The molecule has 18 heavy (non-hydrogen) atoms. The summed E-state index contributed by atoms with van der Waals surface area (Å²) in [6, 6.07) is 8.00. The van der Waals surface area contributed by atoms with E-state index in [-0.39, 0.29) is 0 Å². The Kier molecular flexibility index (Phi) is 3.45. The molecule has 3 nitrogen and oxygen atoms in total. The minimum Gasteiger partial charge on any atom is -0.439 e. The Balaban J connectivity index is 1.93. The van der Waals surface area contributed by atoms with E-state index >= 15 is 0 Å². The Labute approximate surface area is 120 Å². The summed E-state index contributed by atoms with van der Waals surface area (Å²) in [6.07, 6.45) is 6.08. The minimum atomic E-state index is 0.724. The van der Waals surface area contributed by atoms with Gasteiger partial charge in [-0.1, -0.05) is 6.07 Å². The van der Waals surface area contributed by atoms with Gasteiger partial charge in [-0.05, 0) is 66.5 Å². The largest absolute Gasteiger partial charge is 0.439 e. The first-order chi connectivity index (χ1) is 8.83. The topological polar surface area (TPSA) is 35.0 Å². The third-order valence-electron chi connectivity index (χ3n) is 3.10. The third-order valence-corrected chi connectivity index (χ3v) is 3.77. The number of nitrogens with zero attached hydrogens (tertiary/aromatic N) is 2. The van der Waals surface area contributed by atoms with E-state index in [1.807, 2.05) is 24.3 Å². The van der Waals surface area contributed by atoms with Gasteiger partial charge in [0.05, 0.1) is 5.69 Å². The average Bonchev–Trinajstić information content (AvgIpc) is 2.39. The van der Waals surface area contributed by atoms with Crippen LogP contribution in [0.1, 0.15) is 24.1 Å². The van der Waals surface area contributed by atoms with E-state index in [9.17, 15) is 0 Å². The second kappa shape index (κ2) is 5.22. The Hall–Kier alpha value is -1.17. The van der Waals surface area contributed by atoms with Crippen LogP contribution in [0.2, 0.25) is 0 Å². The molecule has 0 N–H and O–H groups in total. The summed E-state index contributed by atoms with van der Waals surface area (Å²) in [4.78, 5) is 8.63. The molecule has 0 unspecified atom stereocenters. The van der Waals surface area contributed by atoms with E-state index in [1.165, 1.54) is 18.4 Å². The summed E-state index contributed by atoms with van der Waals surface area (Å²) < 4.78 is 7.06. The van der Waals surface area contributed by atoms with Gasteiger partial charge in [-0.25, -0.2) is 9.97 Å². The van der Waals surface area contributed by atoms with Crippen LogP contribution in [0.5, 0.6) is 11.6 Å². The Morgan fingerprint density at radius 2 is 2.00 bits per heavy atom. The van der Waals surface area contributed by atoms with Crippen molar-refractivity contribution in [2.75, 3.05) is 0 Å². The fraction of sp³-hybridized carbons (Fsp3) is 0.286. The number of ether oxygens (including phenoxy) is 1. The predicted molar refractivity (Wildman–Crippen MR) is 77.9 cm³/mol. The number of fused-ring (bicyclic) bond motifs is 1. The summed E-state index contributed by atoms with van der Waals surface area (Å²) in [6.45, 7) is 0. The molecule has 0 saturated heterocycles. The highest BCUT2D eigenvalue weighted by molar-refractivity contribution is 14.1. The first kappa shape index (κ1) is 11.9. The lowest BCUT2D eigenvalue weighted by Crippen LogP contribution is -2.08. The van der Waals surface area contributed by atoms with E-state index in [0.717, 1.165) is 33.7 Å². The van der Waals surface area contributed by atoms with E-state index in [1.54, 1.807) is 6.33 Å². The van der Waals surface area contributed by atoms with Gasteiger partial charge in [0.15, 0.2) is 0 Å². The standard InChI is InChI=1S/C14H13IN2O/c15-10-4-3-5-11(8-10)18-14-12-6-1-2-7-13(12)16-9-17-14/h3-5,8-9H,1-2,6-7H2. The van der Waals surface area contributed by atoms with Crippen LogP contribution in [0.15, 0.2) is 30.6 Å².